The Labute approximate surface area is 112 Å². The molecule has 0 aromatic carbocycles. The molecule has 2 aliphatic rings. The minimum absolute atomic E-state index is 0.324. The number of methoxy groups -OCH3 is 1. The number of furan rings is 1. The van der Waals surface area contributed by atoms with Crippen LogP contribution in [0.1, 0.15) is 21.9 Å². The lowest BCUT2D eigenvalue weighted by Crippen LogP contribution is -2.25. The summed E-state index contributed by atoms with van der Waals surface area (Å²) in [6.07, 6.45) is 0. The number of esters is 1. The van der Waals surface area contributed by atoms with Crippen molar-refractivity contribution in [3.8, 4) is 0 Å². The SMILES string of the molecule is COC(=O)c1cc(CN2C[C@H]3CNC[C@H]3C2)oc1C. The maximum Gasteiger partial charge on any atom is 0.341 e. The molecule has 0 radical (unpaired) electrons. The number of nitrogens with one attached hydrogen (secondary N) is 1. The van der Waals surface area contributed by atoms with E-state index in [2.05, 4.69) is 10.2 Å². The van der Waals surface area contributed by atoms with Crippen molar-refractivity contribution in [2.24, 2.45) is 11.8 Å². The van der Waals surface area contributed by atoms with Crippen LogP contribution in [0.25, 0.3) is 0 Å². The number of fused-ring (bicyclic) bond motifs is 1. The molecule has 2 fully saturated rings. The second-order valence-electron chi connectivity index (χ2n) is 5.55. The first kappa shape index (κ1) is 12.7. The minimum Gasteiger partial charge on any atom is -0.465 e. The third kappa shape index (κ3) is 2.40. The van der Waals surface area contributed by atoms with Gasteiger partial charge in [-0.2, -0.15) is 0 Å². The van der Waals surface area contributed by atoms with Gasteiger partial charge in [0.15, 0.2) is 0 Å². The van der Waals surface area contributed by atoms with Crippen LogP contribution in [0.2, 0.25) is 0 Å². The van der Waals surface area contributed by atoms with Crippen molar-refractivity contribution in [3.63, 3.8) is 0 Å². The highest BCUT2D eigenvalue weighted by molar-refractivity contribution is 5.90. The lowest BCUT2D eigenvalue weighted by molar-refractivity contribution is 0.0599. The number of hydrogen-bond donors (Lipinski definition) is 1. The van der Waals surface area contributed by atoms with Crippen molar-refractivity contribution in [1.82, 2.24) is 10.2 Å². The van der Waals surface area contributed by atoms with E-state index in [0.29, 0.717) is 11.3 Å². The number of hydrogen-bond acceptors (Lipinski definition) is 5. The highest BCUT2D eigenvalue weighted by Gasteiger charge is 2.36. The Kier molecular flexibility index (Phi) is 3.33. The molecule has 0 aliphatic carbocycles. The first-order valence-electron chi connectivity index (χ1n) is 6.78. The Morgan fingerprint density at radius 2 is 2.16 bits per heavy atom. The summed E-state index contributed by atoms with van der Waals surface area (Å²) in [7, 11) is 1.39. The van der Waals surface area contributed by atoms with Crippen molar-refractivity contribution in [2.75, 3.05) is 33.3 Å². The van der Waals surface area contributed by atoms with Crippen LogP contribution < -0.4 is 5.32 Å². The Morgan fingerprint density at radius 3 is 2.79 bits per heavy atom. The fraction of sp³-hybridized carbons (Fsp3) is 0.643. The van der Waals surface area contributed by atoms with Crippen molar-refractivity contribution in [3.05, 3.63) is 23.2 Å². The van der Waals surface area contributed by atoms with Crippen LogP contribution in [0.4, 0.5) is 0 Å². The maximum absolute atomic E-state index is 11.5. The van der Waals surface area contributed by atoms with Crippen LogP contribution in [0.15, 0.2) is 10.5 Å². The van der Waals surface area contributed by atoms with Gasteiger partial charge >= 0.3 is 5.97 Å². The van der Waals surface area contributed by atoms with Crippen molar-refractivity contribution in [2.45, 2.75) is 13.5 Å². The van der Waals surface area contributed by atoms with E-state index >= 15 is 0 Å². The fourth-order valence-corrected chi connectivity index (χ4v) is 3.24. The second-order valence-corrected chi connectivity index (χ2v) is 5.55. The number of likely N-dealkylation sites (tertiary alicyclic amines) is 1. The van der Waals surface area contributed by atoms with E-state index in [1.54, 1.807) is 6.92 Å². The molecule has 1 aromatic rings. The molecule has 19 heavy (non-hydrogen) atoms. The Balaban J connectivity index is 1.66. The predicted octanol–water partition coefficient (Wildman–Crippen LogP) is 1.03. The van der Waals surface area contributed by atoms with Crippen LogP contribution in [0.5, 0.6) is 0 Å². The minimum atomic E-state index is -0.324. The van der Waals surface area contributed by atoms with Gasteiger partial charge in [0.25, 0.3) is 0 Å². The van der Waals surface area contributed by atoms with Gasteiger partial charge in [-0.05, 0) is 37.9 Å². The molecule has 5 nitrogen and oxygen atoms in total. The fourth-order valence-electron chi connectivity index (χ4n) is 3.24. The molecule has 3 heterocycles. The maximum atomic E-state index is 11.5. The molecule has 1 N–H and O–H groups in total. The number of ether oxygens (including phenoxy) is 1. The van der Waals surface area contributed by atoms with Gasteiger partial charge < -0.3 is 14.5 Å². The van der Waals surface area contributed by atoms with Crippen molar-refractivity contribution in [1.29, 1.82) is 0 Å². The smallest absolute Gasteiger partial charge is 0.341 e. The summed E-state index contributed by atoms with van der Waals surface area (Å²) in [5, 5.41) is 3.43. The Bertz CT molecular complexity index is 471. The zero-order valence-electron chi connectivity index (χ0n) is 11.4. The van der Waals surface area contributed by atoms with Gasteiger partial charge in [0.1, 0.15) is 17.1 Å². The molecule has 1 aromatic heterocycles. The monoisotopic (exact) mass is 264 g/mol. The molecular weight excluding hydrogens is 244 g/mol. The molecule has 3 rings (SSSR count). The lowest BCUT2D eigenvalue weighted by atomic mass is 10.0. The Morgan fingerprint density at radius 1 is 1.47 bits per heavy atom. The number of carbonyl (C=O) groups is 1. The van der Waals surface area contributed by atoms with Gasteiger partial charge in [-0.1, -0.05) is 0 Å². The molecule has 0 amide bonds. The normalized spacial score (nSPS) is 26.6. The number of nitrogens with zero attached hydrogens (tertiary/aromatic N) is 1. The highest BCUT2D eigenvalue weighted by Crippen LogP contribution is 2.28. The molecule has 0 saturated carbocycles. The number of rotatable bonds is 3. The summed E-state index contributed by atoms with van der Waals surface area (Å²) >= 11 is 0. The lowest BCUT2D eigenvalue weighted by Gasteiger charge is -2.14. The van der Waals surface area contributed by atoms with Crippen molar-refractivity contribution < 1.29 is 13.9 Å². The largest absolute Gasteiger partial charge is 0.465 e. The molecule has 0 unspecified atom stereocenters. The van der Waals surface area contributed by atoms with Gasteiger partial charge in [-0.15, -0.1) is 0 Å². The van der Waals surface area contributed by atoms with Crippen LogP contribution in [-0.4, -0.2) is 44.2 Å². The van der Waals surface area contributed by atoms with E-state index in [9.17, 15) is 4.79 Å². The first-order chi connectivity index (χ1) is 9.17. The Hall–Kier alpha value is -1.33. The average molecular weight is 264 g/mol. The highest BCUT2D eigenvalue weighted by atomic mass is 16.5. The quantitative estimate of drug-likeness (QED) is 0.826. The zero-order valence-corrected chi connectivity index (χ0v) is 11.4. The van der Waals surface area contributed by atoms with Crippen molar-refractivity contribution >= 4 is 5.97 Å². The van der Waals surface area contributed by atoms with Gasteiger partial charge in [0.05, 0.1) is 13.7 Å². The molecule has 0 spiro atoms. The van der Waals surface area contributed by atoms with Crippen LogP contribution in [-0.2, 0) is 11.3 Å². The van der Waals surface area contributed by atoms with Crippen LogP contribution in [0, 0.1) is 18.8 Å². The van der Waals surface area contributed by atoms with E-state index in [1.165, 1.54) is 7.11 Å². The van der Waals surface area contributed by atoms with E-state index in [0.717, 1.165) is 50.3 Å². The van der Waals surface area contributed by atoms with Crippen LogP contribution in [0.3, 0.4) is 0 Å². The molecular formula is C14H20N2O3. The molecule has 5 heteroatoms. The molecule has 2 atom stereocenters. The van der Waals surface area contributed by atoms with Crippen LogP contribution >= 0.6 is 0 Å². The predicted molar refractivity (Wildman–Crippen MR) is 69.9 cm³/mol. The summed E-state index contributed by atoms with van der Waals surface area (Å²) < 4.78 is 10.4. The first-order valence-corrected chi connectivity index (χ1v) is 6.78. The van der Waals surface area contributed by atoms with E-state index in [4.69, 9.17) is 9.15 Å². The number of aryl methyl sites for hydroxylation is 1. The van der Waals surface area contributed by atoms with Gasteiger partial charge in [-0.25, -0.2) is 4.79 Å². The summed E-state index contributed by atoms with van der Waals surface area (Å²) in [5.74, 6) is 2.72. The standard InChI is InChI=1S/C14H20N2O3/c1-9-13(14(17)18-2)3-12(19-9)8-16-6-10-4-15-5-11(10)7-16/h3,10-11,15H,4-8H2,1-2H3/t10-,11+. The summed E-state index contributed by atoms with van der Waals surface area (Å²) in [5.41, 5.74) is 0.540. The van der Waals surface area contributed by atoms with E-state index in [-0.39, 0.29) is 5.97 Å². The third-order valence-electron chi connectivity index (χ3n) is 4.22. The van der Waals surface area contributed by atoms with E-state index in [1.807, 2.05) is 6.07 Å². The summed E-state index contributed by atoms with van der Waals surface area (Å²) in [6.45, 7) is 7.08. The average Bonchev–Trinajstić information content (AvgIpc) is 3.03. The van der Waals surface area contributed by atoms with Gasteiger partial charge in [0, 0.05) is 13.1 Å². The zero-order chi connectivity index (χ0) is 13.4. The third-order valence-corrected chi connectivity index (χ3v) is 4.22. The molecule has 2 saturated heterocycles. The second kappa shape index (κ2) is 4.98. The molecule has 104 valence electrons. The molecule has 0 bridgehead atoms. The van der Waals surface area contributed by atoms with E-state index < -0.39 is 0 Å². The topological polar surface area (TPSA) is 54.7 Å². The number of carbonyl (C=O) groups excluding carboxylic acids is 1. The summed E-state index contributed by atoms with van der Waals surface area (Å²) in [6, 6.07) is 1.81. The summed E-state index contributed by atoms with van der Waals surface area (Å²) in [4.78, 5) is 14.0. The van der Waals surface area contributed by atoms with Gasteiger partial charge in [0.2, 0.25) is 0 Å². The van der Waals surface area contributed by atoms with Gasteiger partial charge in [-0.3, -0.25) is 4.90 Å². The molecule has 2 aliphatic heterocycles.